The van der Waals surface area contributed by atoms with Crippen LogP contribution in [-0.4, -0.2) is 68.2 Å². The van der Waals surface area contributed by atoms with E-state index in [0.29, 0.717) is 11.8 Å². The first-order valence-corrected chi connectivity index (χ1v) is 11.3. The molecule has 1 aromatic heterocycles. The monoisotopic (exact) mass is 375 g/mol. The van der Waals surface area contributed by atoms with E-state index in [2.05, 4.69) is 32.3 Å². The van der Waals surface area contributed by atoms with Crippen LogP contribution in [0.25, 0.3) is 0 Å². The van der Waals surface area contributed by atoms with Crippen LogP contribution in [0.5, 0.6) is 0 Å². The van der Waals surface area contributed by atoms with Crippen molar-refractivity contribution in [2.75, 3.05) is 47.5 Å². The summed E-state index contributed by atoms with van der Waals surface area (Å²) in [6, 6.07) is 1.90. The summed E-state index contributed by atoms with van der Waals surface area (Å²) in [5.74, 6) is 3.49. The Morgan fingerprint density at radius 3 is 2.65 bits per heavy atom. The molecule has 3 saturated heterocycles. The molecule has 4 aliphatic rings. The van der Waals surface area contributed by atoms with Crippen molar-refractivity contribution in [3.05, 3.63) is 24.4 Å². The maximum Gasteiger partial charge on any atom is 0.227 e. The summed E-state index contributed by atoms with van der Waals surface area (Å²) >= 11 is 0. The van der Waals surface area contributed by atoms with Gasteiger partial charge in [-0.25, -0.2) is 13.4 Å². The molecule has 140 valence electrons. The molecule has 1 aliphatic carbocycles. The Balaban J connectivity index is 1.38. The maximum atomic E-state index is 12.1. The molecule has 0 spiro atoms. The molecule has 4 atom stereocenters. The first kappa shape index (κ1) is 16.5. The van der Waals surface area contributed by atoms with Gasteiger partial charge in [0.2, 0.25) is 5.95 Å². The lowest BCUT2D eigenvalue weighted by Gasteiger charge is -2.38. The minimum atomic E-state index is -2.97. The van der Waals surface area contributed by atoms with Crippen LogP contribution in [0.3, 0.4) is 0 Å². The van der Waals surface area contributed by atoms with Crippen molar-refractivity contribution in [2.24, 2.45) is 11.8 Å². The zero-order valence-corrected chi connectivity index (χ0v) is 15.6. The van der Waals surface area contributed by atoms with Gasteiger partial charge in [-0.3, -0.25) is 0 Å². The molecule has 1 aromatic rings. The molecule has 3 aliphatic heterocycles. The third-order valence-electron chi connectivity index (χ3n) is 6.31. The molecule has 7 nitrogen and oxygen atoms in total. The number of nitrogens with zero attached hydrogens (tertiary/aromatic N) is 4. The van der Waals surface area contributed by atoms with Gasteiger partial charge in [0.25, 0.3) is 0 Å². The van der Waals surface area contributed by atoms with E-state index in [0.717, 1.165) is 50.8 Å². The number of sulfone groups is 1. The van der Waals surface area contributed by atoms with Gasteiger partial charge in [0, 0.05) is 38.4 Å². The molecular weight excluding hydrogens is 350 g/mol. The Bertz CT molecular complexity index is 811. The molecule has 0 bridgehead atoms. The van der Waals surface area contributed by atoms with E-state index in [1.54, 1.807) is 0 Å². The lowest BCUT2D eigenvalue weighted by molar-refractivity contribution is 0.411. The quantitative estimate of drug-likeness (QED) is 0.752. The Hall–Kier alpha value is -1.67. The number of anilines is 2. The molecule has 0 aromatic carbocycles. The summed E-state index contributed by atoms with van der Waals surface area (Å²) in [6.07, 6.45) is 8.71. The van der Waals surface area contributed by atoms with Gasteiger partial charge in [-0.15, -0.1) is 0 Å². The second-order valence-corrected chi connectivity index (χ2v) is 10.1. The first-order valence-electron chi connectivity index (χ1n) is 9.52. The number of rotatable bonds is 2. The highest BCUT2D eigenvalue weighted by molar-refractivity contribution is 7.91. The van der Waals surface area contributed by atoms with Crippen LogP contribution in [-0.2, 0) is 9.84 Å². The van der Waals surface area contributed by atoms with E-state index in [1.807, 2.05) is 12.3 Å². The van der Waals surface area contributed by atoms with Crippen LogP contribution in [0.2, 0.25) is 0 Å². The second kappa shape index (κ2) is 6.20. The summed E-state index contributed by atoms with van der Waals surface area (Å²) < 4.78 is 24.2. The van der Waals surface area contributed by atoms with Crippen LogP contribution < -0.4 is 15.1 Å². The van der Waals surface area contributed by atoms with Gasteiger partial charge in [0.05, 0.1) is 17.5 Å². The van der Waals surface area contributed by atoms with Crippen LogP contribution in [0.15, 0.2) is 24.4 Å². The molecule has 4 heterocycles. The van der Waals surface area contributed by atoms with E-state index >= 15 is 0 Å². The van der Waals surface area contributed by atoms with E-state index in [4.69, 9.17) is 4.98 Å². The van der Waals surface area contributed by atoms with Gasteiger partial charge in [0.15, 0.2) is 9.84 Å². The summed E-state index contributed by atoms with van der Waals surface area (Å²) in [5.41, 5.74) is 0. The minimum absolute atomic E-state index is 0.00731. The highest BCUT2D eigenvalue weighted by Crippen LogP contribution is 2.35. The minimum Gasteiger partial charge on any atom is -0.350 e. The third kappa shape index (κ3) is 2.89. The Morgan fingerprint density at radius 2 is 1.88 bits per heavy atom. The van der Waals surface area contributed by atoms with Crippen LogP contribution in [0.4, 0.5) is 11.8 Å². The molecule has 0 amide bonds. The molecule has 0 saturated carbocycles. The number of fused-ring (bicyclic) bond motifs is 2. The number of hydrogen-bond donors (Lipinski definition) is 1. The SMILES string of the molecule is O=S1(=O)CC2NCCN(c3ccnc(N4CC5CC=CCC5C4)n3)C2C1. The normalized spacial score (nSPS) is 35.4. The largest absolute Gasteiger partial charge is 0.350 e. The number of hydrogen-bond acceptors (Lipinski definition) is 7. The molecule has 4 unspecified atom stereocenters. The average Bonchev–Trinajstić information content (AvgIpc) is 3.20. The third-order valence-corrected chi connectivity index (χ3v) is 8.02. The van der Waals surface area contributed by atoms with Crippen LogP contribution >= 0.6 is 0 Å². The molecule has 0 radical (unpaired) electrons. The fraction of sp³-hybridized carbons (Fsp3) is 0.667. The second-order valence-electron chi connectivity index (χ2n) is 7.98. The highest BCUT2D eigenvalue weighted by atomic mass is 32.2. The van der Waals surface area contributed by atoms with Gasteiger partial charge in [-0.1, -0.05) is 12.2 Å². The standard InChI is InChI=1S/C18H25N5O2S/c24-26(25)11-15-16(12-26)23(8-7-19-15)17-5-6-20-18(21-17)22-9-13-3-1-2-4-14(13)10-22/h1-2,5-6,13-16,19H,3-4,7-12H2. The van der Waals surface area contributed by atoms with Gasteiger partial charge >= 0.3 is 0 Å². The van der Waals surface area contributed by atoms with Gasteiger partial charge in [-0.2, -0.15) is 4.98 Å². The average molecular weight is 375 g/mol. The summed E-state index contributed by atoms with van der Waals surface area (Å²) in [4.78, 5) is 13.8. The molecule has 26 heavy (non-hydrogen) atoms. The number of aromatic nitrogens is 2. The van der Waals surface area contributed by atoms with Crippen molar-refractivity contribution in [3.63, 3.8) is 0 Å². The summed E-state index contributed by atoms with van der Waals surface area (Å²) in [6.45, 7) is 3.60. The van der Waals surface area contributed by atoms with Crippen LogP contribution in [0, 0.1) is 11.8 Å². The number of piperazine rings is 1. The van der Waals surface area contributed by atoms with Crippen molar-refractivity contribution < 1.29 is 8.42 Å². The summed E-state index contributed by atoms with van der Waals surface area (Å²) in [7, 11) is -2.97. The molecule has 1 N–H and O–H groups in total. The van der Waals surface area contributed by atoms with E-state index in [1.165, 1.54) is 0 Å². The van der Waals surface area contributed by atoms with E-state index < -0.39 is 9.84 Å². The van der Waals surface area contributed by atoms with Crippen molar-refractivity contribution in [1.82, 2.24) is 15.3 Å². The molecule has 8 heteroatoms. The zero-order valence-electron chi connectivity index (χ0n) is 14.8. The van der Waals surface area contributed by atoms with Gasteiger partial charge < -0.3 is 15.1 Å². The Kier molecular flexibility index (Phi) is 3.93. The van der Waals surface area contributed by atoms with Crippen LogP contribution in [0.1, 0.15) is 12.8 Å². The first-order chi connectivity index (χ1) is 12.6. The Morgan fingerprint density at radius 1 is 1.12 bits per heavy atom. The topological polar surface area (TPSA) is 78.4 Å². The lowest BCUT2D eigenvalue weighted by atomic mass is 9.86. The predicted molar refractivity (Wildman–Crippen MR) is 101 cm³/mol. The van der Waals surface area contributed by atoms with E-state index in [9.17, 15) is 8.42 Å². The van der Waals surface area contributed by atoms with Crippen molar-refractivity contribution in [2.45, 2.75) is 24.9 Å². The Labute approximate surface area is 154 Å². The number of nitrogens with one attached hydrogen (secondary N) is 1. The fourth-order valence-electron chi connectivity index (χ4n) is 4.98. The molecular formula is C18H25N5O2S. The predicted octanol–water partition coefficient (Wildman–Crippen LogP) is 0.454. The van der Waals surface area contributed by atoms with E-state index in [-0.39, 0.29) is 23.6 Å². The number of allylic oxidation sites excluding steroid dienone is 2. The lowest BCUT2D eigenvalue weighted by Crippen LogP contribution is -2.57. The van der Waals surface area contributed by atoms with Crippen molar-refractivity contribution in [3.8, 4) is 0 Å². The molecule has 3 fully saturated rings. The molecule has 5 rings (SSSR count). The smallest absolute Gasteiger partial charge is 0.227 e. The maximum absolute atomic E-state index is 12.1. The van der Waals surface area contributed by atoms with Crippen molar-refractivity contribution >= 4 is 21.6 Å². The van der Waals surface area contributed by atoms with Gasteiger partial charge in [0.1, 0.15) is 5.82 Å². The van der Waals surface area contributed by atoms with Crippen molar-refractivity contribution in [1.29, 1.82) is 0 Å². The highest BCUT2D eigenvalue weighted by Gasteiger charge is 2.43. The van der Waals surface area contributed by atoms with Gasteiger partial charge in [-0.05, 0) is 30.7 Å². The fourth-order valence-corrected chi connectivity index (χ4v) is 6.94. The summed E-state index contributed by atoms with van der Waals surface area (Å²) in [5, 5.41) is 3.36. The zero-order chi connectivity index (χ0) is 17.7.